The molecule has 2 rings (SSSR count). The van der Waals surface area contributed by atoms with E-state index in [0.29, 0.717) is 23.7 Å². The van der Waals surface area contributed by atoms with Crippen LogP contribution in [0.5, 0.6) is 0 Å². The minimum atomic E-state index is -0.483. The molecule has 0 radical (unpaired) electrons. The van der Waals surface area contributed by atoms with E-state index in [1.807, 2.05) is 0 Å². The first-order chi connectivity index (χ1) is 8.97. The van der Waals surface area contributed by atoms with Gasteiger partial charge in [0.15, 0.2) is 0 Å². The maximum atomic E-state index is 11.4. The van der Waals surface area contributed by atoms with E-state index in [2.05, 4.69) is 5.32 Å². The number of halogens is 1. The zero-order valence-corrected chi connectivity index (χ0v) is 11.2. The van der Waals surface area contributed by atoms with Crippen LogP contribution in [0.2, 0.25) is 5.02 Å². The Morgan fingerprint density at radius 2 is 2.26 bits per heavy atom. The molecule has 19 heavy (non-hydrogen) atoms. The van der Waals surface area contributed by atoms with Gasteiger partial charge >= 0.3 is 0 Å². The summed E-state index contributed by atoms with van der Waals surface area (Å²) < 4.78 is 0. The zero-order chi connectivity index (χ0) is 14.0. The number of hydrogen-bond donors (Lipinski definition) is 1. The van der Waals surface area contributed by atoms with Crippen molar-refractivity contribution >= 4 is 28.9 Å². The van der Waals surface area contributed by atoms with Gasteiger partial charge in [-0.15, -0.1) is 0 Å². The highest BCUT2D eigenvalue weighted by Gasteiger charge is 2.23. The van der Waals surface area contributed by atoms with Crippen LogP contribution < -0.4 is 5.32 Å². The normalized spacial score (nSPS) is 19.4. The number of nitro groups is 1. The summed E-state index contributed by atoms with van der Waals surface area (Å²) in [6, 6.07) is 4.44. The van der Waals surface area contributed by atoms with Crippen molar-refractivity contribution in [2.24, 2.45) is 0 Å². The molecule has 0 aromatic heterocycles. The Bertz CT molecular complexity index is 521. The summed E-state index contributed by atoms with van der Waals surface area (Å²) >= 11 is 6.01. The fourth-order valence-electron chi connectivity index (χ4n) is 2.08. The Labute approximate surface area is 115 Å². The van der Waals surface area contributed by atoms with Crippen LogP contribution in [0.3, 0.4) is 0 Å². The van der Waals surface area contributed by atoms with Crippen LogP contribution in [0.4, 0.5) is 11.4 Å². The molecule has 1 aliphatic rings. The molecule has 102 valence electrons. The van der Waals surface area contributed by atoms with E-state index in [9.17, 15) is 14.9 Å². The fraction of sp³-hybridized carbons (Fsp3) is 0.417. The molecule has 1 unspecified atom stereocenters. The predicted molar refractivity (Wildman–Crippen MR) is 72.4 cm³/mol. The molecule has 1 amide bonds. The lowest BCUT2D eigenvalue weighted by Crippen LogP contribution is -2.43. The summed E-state index contributed by atoms with van der Waals surface area (Å²) in [5.74, 6) is 0.132. The van der Waals surface area contributed by atoms with Gasteiger partial charge in [-0.25, -0.2) is 0 Å². The zero-order valence-electron chi connectivity index (χ0n) is 10.4. The number of likely N-dealkylation sites (tertiary alicyclic amines) is 1. The molecule has 0 spiro atoms. The lowest BCUT2D eigenvalue weighted by Gasteiger charge is -2.31. The maximum absolute atomic E-state index is 11.4. The van der Waals surface area contributed by atoms with E-state index >= 15 is 0 Å². The Morgan fingerprint density at radius 3 is 2.84 bits per heavy atom. The second-order valence-corrected chi connectivity index (χ2v) is 4.98. The lowest BCUT2D eigenvalue weighted by atomic mass is 10.1. The molecule has 0 bridgehead atoms. The van der Waals surface area contributed by atoms with E-state index in [1.165, 1.54) is 12.1 Å². The number of likely N-dealkylation sites (N-methyl/N-ethyl adjacent to an activating group) is 1. The molecule has 0 aliphatic carbocycles. The first-order valence-corrected chi connectivity index (χ1v) is 6.29. The topological polar surface area (TPSA) is 75.5 Å². The Kier molecular flexibility index (Phi) is 3.90. The van der Waals surface area contributed by atoms with E-state index < -0.39 is 4.92 Å². The molecule has 0 saturated carbocycles. The summed E-state index contributed by atoms with van der Waals surface area (Å²) in [5, 5.41) is 14.1. The molecule has 1 aliphatic heterocycles. The van der Waals surface area contributed by atoms with Crippen molar-refractivity contribution in [2.75, 3.05) is 18.9 Å². The van der Waals surface area contributed by atoms with Gasteiger partial charge in [0.25, 0.3) is 5.69 Å². The largest absolute Gasteiger partial charge is 0.379 e. The number of carbonyl (C=O) groups is 1. The highest BCUT2D eigenvalue weighted by molar-refractivity contribution is 6.33. The molecule has 1 atom stereocenters. The third kappa shape index (κ3) is 3.14. The van der Waals surface area contributed by atoms with Crippen molar-refractivity contribution in [3.63, 3.8) is 0 Å². The van der Waals surface area contributed by atoms with Crippen molar-refractivity contribution < 1.29 is 9.72 Å². The van der Waals surface area contributed by atoms with E-state index in [4.69, 9.17) is 11.6 Å². The SMILES string of the molecule is CN1CC(Nc2ccc([N+](=O)[O-])cc2Cl)CCC1=O. The first-order valence-electron chi connectivity index (χ1n) is 5.92. The monoisotopic (exact) mass is 283 g/mol. The Hall–Kier alpha value is -1.82. The summed E-state index contributed by atoms with van der Waals surface area (Å²) in [7, 11) is 1.76. The molecule has 7 heteroatoms. The number of non-ortho nitro benzene ring substituents is 1. The molecule has 1 N–H and O–H groups in total. The second-order valence-electron chi connectivity index (χ2n) is 4.58. The number of benzene rings is 1. The smallest absolute Gasteiger partial charge is 0.271 e. The number of piperidine rings is 1. The van der Waals surface area contributed by atoms with Gasteiger partial charge in [0, 0.05) is 38.2 Å². The average molecular weight is 284 g/mol. The molecule has 1 aromatic rings. The molecular formula is C12H14ClN3O3. The number of anilines is 1. The first kappa shape index (κ1) is 13.6. The number of rotatable bonds is 3. The lowest BCUT2D eigenvalue weighted by molar-refractivity contribution is -0.384. The van der Waals surface area contributed by atoms with Crippen LogP contribution in [-0.2, 0) is 4.79 Å². The number of nitro benzene ring substituents is 1. The van der Waals surface area contributed by atoms with Crippen molar-refractivity contribution in [3.05, 3.63) is 33.3 Å². The quantitative estimate of drug-likeness (QED) is 0.682. The van der Waals surface area contributed by atoms with Gasteiger partial charge in [0.05, 0.1) is 15.6 Å². The fourth-order valence-corrected chi connectivity index (χ4v) is 2.31. The predicted octanol–water partition coefficient (Wildman–Crippen LogP) is 2.28. The summed E-state index contributed by atoms with van der Waals surface area (Å²) in [4.78, 5) is 23.2. The van der Waals surface area contributed by atoms with E-state index in [1.54, 1.807) is 18.0 Å². The van der Waals surface area contributed by atoms with Gasteiger partial charge in [-0.3, -0.25) is 14.9 Å². The second kappa shape index (κ2) is 5.44. The molecule has 6 nitrogen and oxygen atoms in total. The molecule has 1 heterocycles. The van der Waals surface area contributed by atoms with Gasteiger partial charge in [0.1, 0.15) is 0 Å². The summed E-state index contributed by atoms with van der Waals surface area (Å²) in [5.41, 5.74) is 0.617. The molecule has 1 aromatic carbocycles. The average Bonchev–Trinajstić information content (AvgIpc) is 2.36. The van der Waals surface area contributed by atoms with Crippen molar-refractivity contribution in [3.8, 4) is 0 Å². The van der Waals surface area contributed by atoms with E-state index in [0.717, 1.165) is 6.42 Å². The number of nitrogens with zero attached hydrogens (tertiary/aromatic N) is 2. The number of amides is 1. The van der Waals surface area contributed by atoms with Gasteiger partial charge in [-0.1, -0.05) is 11.6 Å². The highest BCUT2D eigenvalue weighted by atomic mass is 35.5. The van der Waals surface area contributed by atoms with Gasteiger partial charge in [-0.2, -0.15) is 0 Å². The number of carbonyl (C=O) groups excluding carboxylic acids is 1. The number of nitrogens with one attached hydrogen (secondary N) is 1. The standard InChI is InChI=1S/C12H14ClN3O3/c1-15-7-8(2-5-12(15)17)14-11-4-3-9(16(18)19)6-10(11)13/h3-4,6,8,14H,2,5,7H2,1H3. The van der Waals surface area contributed by atoms with Crippen LogP contribution in [0.15, 0.2) is 18.2 Å². The minimum absolute atomic E-state index is 0.0357. The van der Waals surface area contributed by atoms with Crippen LogP contribution in [0, 0.1) is 10.1 Å². The van der Waals surface area contributed by atoms with Gasteiger partial charge in [0.2, 0.25) is 5.91 Å². The maximum Gasteiger partial charge on any atom is 0.271 e. The van der Waals surface area contributed by atoms with Gasteiger partial charge in [-0.05, 0) is 12.5 Å². The number of hydrogen-bond acceptors (Lipinski definition) is 4. The molecule has 1 saturated heterocycles. The van der Waals surface area contributed by atoms with Crippen LogP contribution in [0.25, 0.3) is 0 Å². The van der Waals surface area contributed by atoms with Crippen molar-refractivity contribution in [2.45, 2.75) is 18.9 Å². The third-order valence-electron chi connectivity index (χ3n) is 3.15. The van der Waals surface area contributed by atoms with E-state index in [-0.39, 0.29) is 17.6 Å². The van der Waals surface area contributed by atoms with Crippen molar-refractivity contribution in [1.29, 1.82) is 0 Å². The van der Waals surface area contributed by atoms with Crippen LogP contribution >= 0.6 is 11.6 Å². The van der Waals surface area contributed by atoms with Crippen LogP contribution in [0.1, 0.15) is 12.8 Å². The van der Waals surface area contributed by atoms with Crippen LogP contribution in [-0.4, -0.2) is 35.4 Å². The summed E-state index contributed by atoms with van der Waals surface area (Å²) in [6.07, 6.45) is 1.23. The molecular weight excluding hydrogens is 270 g/mol. The summed E-state index contributed by atoms with van der Waals surface area (Å²) in [6.45, 7) is 0.603. The molecule has 1 fully saturated rings. The Morgan fingerprint density at radius 1 is 1.53 bits per heavy atom. The Balaban J connectivity index is 2.07. The van der Waals surface area contributed by atoms with Gasteiger partial charge < -0.3 is 10.2 Å². The highest BCUT2D eigenvalue weighted by Crippen LogP contribution is 2.28. The minimum Gasteiger partial charge on any atom is -0.379 e. The van der Waals surface area contributed by atoms with Crippen molar-refractivity contribution in [1.82, 2.24) is 4.90 Å². The third-order valence-corrected chi connectivity index (χ3v) is 3.46.